The van der Waals surface area contributed by atoms with E-state index in [2.05, 4.69) is 27.6 Å². The van der Waals surface area contributed by atoms with E-state index in [0.717, 1.165) is 28.5 Å². The van der Waals surface area contributed by atoms with Crippen LogP contribution in [-0.4, -0.2) is 22.3 Å². The average molecular weight is 413 g/mol. The first-order chi connectivity index (χ1) is 10.2. The van der Waals surface area contributed by atoms with Gasteiger partial charge < -0.3 is 4.90 Å². The monoisotopic (exact) mass is 412 g/mol. The summed E-state index contributed by atoms with van der Waals surface area (Å²) >= 11 is 8.29. The normalized spacial score (nSPS) is 18.0. The number of hydrogen-bond donors (Lipinski definition) is 0. The molecule has 1 aromatic heterocycles. The zero-order valence-corrected chi connectivity index (χ0v) is 14.2. The number of carbonyl (C=O) groups excluding carboxylic acids is 1. The molecule has 0 spiro atoms. The van der Waals surface area contributed by atoms with Crippen LogP contribution in [0.15, 0.2) is 42.7 Å². The SMILES string of the molecule is O=C(c1ccc(I)c(Cl)c1)N1CCCC1c1cccnc1. The number of hydrogen-bond acceptors (Lipinski definition) is 2. The highest BCUT2D eigenvalue weighted by Gasteiger charge is 2.30. The zero-order valence-electron chi connectivity index (χ0n) is 11.3. The molecule has 1 unspecified atom stereocenters. The predicted octanol–water partition coefficient (Wildman–Crippen LogP) is 4.32. The highest BCUT2D eigenvalue weighted by atomic mass is 127. The van der Waals surface area contributed by atoms with Gasteiger partial charge in [0.15, 0.2) is 0 Å². The van der Waals surface area contributed by atoms with Crippen molar-refractivity contribution in [2.45, 2.75) is 18.9 Å². The standard InChI is InChI=1S/C16H14ClIN2O/c17-13-9-11(5-6-14(13)18)16(21)20-8-2-4-15(20)12-3-1-7-19-10-12/h1,3,5-7,9-10,15H,2,4,8H2. The molecule has 108 valence electrons. The minimum absolute atomic E-state index is 0.0413. The van der Waals surface area contributed by atoms with Crippen molar-refractivity contribution in [1.82, 2.24) is 9.88 Å². The van der Waals surface area contributed by atoms with Crippen LogP contribution in [0.2, 0.25) is 5.02 Å². The minimum atomic E-state index is 0.0413. The van der Waals surface area contributed by atoms with Crippen molar-refractivity contribution >= 4 is 40.1 Å². The first-order valence-corrected chi connectivity index (χ1v) is 8.28. The number of amides is 1. The molecule has 2 aromatic rings. The molecule has 1 saturated heterocycles. The zero-order chi connectivity index (χ0) is 14.8. The second kappa shape index (κ2) is 6.32. The molecule has 3 rings (SSSR count). The summed E-state index contributed by atoms with van der Waals surface area (Å²) in [7, 11) is 0. The molecule has 1 atom stereocenters. The summed E-state index contributed by atoms with van der Waals surface area (Å²) in [6, 6.07) is 9.54. The van der Waals surface area contributed by atoms with Crippen molar-refractivity contribution in [3.63, 3.8) is 0 Å². The lowest BCUT2D eigenvalue weighted by molar-refractivity contribution is 0.0735. The smallest absolute Gasteiger partial charge is 0.254 e. The number of halogens is 2. The topological polar surface area (TPSA) is 33.2 Å². The van der Waals surface area contributed by atoms with Crippen molar-refractivity contribution in [2.75, 3.05) is 6.54 Å². The summed E-state index contributed by atoms with van der Waals surface area (Å²) in [5.41, 5.74) is 1.75. The van der Waals surface area contributed by atoms with Crippen LogP contribution in [0.5, 0.6) is 0 Å². The van der Waals surface area contributed by atoms with Gasteiger partial charge in [-0.05, 0) is 65.3 Å². The minimum Gasteiger partial charge on any atom is -0.332 e. The molecule has 0 saturated carbocycles. The van der Waals surface area contributed by atoms with Crippen LogP contribution in [-0.2, 0) is 0 Å². The summed E-state index contributed by atoms with van der Waals surface area (Å²) in [4.78, 5) is 18.8. The quantitative estimate of drug-likeness (QED) is 0.689. The predicted molar refractivity (Wildman–Crippen MR) is 91.4 cm³/mol. The fourth-order valence-electron chi connectivity index (χ4n) is 2.72. The molecular weight excluding hydrogens is 399 g/mol. The number of carbonyl (C=O) groups is 1. The van der Waals surface area contributed by atoms with Gasteiger partial charge in [0.1, 0.15) is 0 Å². The fraction of sp³-hybridized carbons (Fsp3) is 0.250. The third kappa shape index (κ3) is 3.06. The third-order valence-corrected chi connectivity index (χ3v) is 5.32. The molecule has 0 bridgehead atoms. The Bertz CT molecular complexity index is 663. The second-order valence-electron chi connectivity index (χ2n) is 5.07. The number of likely N-dealkylation sites (tertiary alicyclic amines) is 1. The van der Waals surface area contributed by atoms with Gasteiger partial charge in [-0.1, -0.05) is 17.7 Å². The Balaban J connectivity index is 1.88. The van der Waals surface area contributed by atoms with Crippen LogP contribution >= 0.6 is 34.2 Å². The van der Waals surface area contributed by atoms with E-state index in [0.29, 0.717) is 10.6 Å². The van der Waals surface area contributed by atoms with Crippen LogP contribution in [0.1, 0.15) is 34.8 Å². The van der Waals surface area contributed by atoms with E-state index in [9.17, 15) is 4.79 Å². The van der Waals surface area contributed by atoms with Gasteiger partial charge in [0.2, 0.25) is 0 Å². The molecule has 0 aliphatic carbocycles. The summed E-state index contributed by atoms with van der Waals surface area (Å²) in [5.74, 6) is 0.0413. The molecule has 21 heavy (non-hydrogen) atoms. The van der Waals surface area contributed by atoms with Gasteiger partial charge in [-0.25, -0.2) is 0 Å². The van der Waals surface area contributed by atoms with E-state index < -0.39 is 0 Å². The average Bonchev–Trinajstić information content (AvgIpc) is 2.99. The maximum absolute atomic E-state index is 12.7. The lowest BCUT2D eigenvalue weighted by atomic mass is 10.1. The lowest BCUT2D eigenvalue weighted by Gasteiger charge is -2.25. The first-order valence-electron chi connectivity index (χ1n) is 6.83. The van der Waals surface area contributed by atoms with Gasteiger partial charge in [0.25, 0.3) is 5.91 Å². The Morgan fingerprint density at radius 1 is 1.38 bits per heavy atom. The number of nitrogens with zero attached hydrogens (tertiary/aromatic N) is 2. The number of rotatable bonds is 2. The van der Waals surface area contributed by atoms with Gasteiger partial charge in [0.05, 0.1) is 11.1 Å². The van der Waals surface area contributed by atoms with E-state index in [-0.39, 0.29) is 11.9 Å². The molecule has 3 nitrogen and oxygen atoms in total. The van der Waals surface area contributed by atoms with E-state index in [1.165, 1.54) is 0 Å². The van der Waals surface area contributed by atoms with E-state index >= 15 is 0 Å². The number of pyridine rings is 1. The van der Waals surface area contributed by atoms with Crippen molar-refractivity contribution in [3.05, 3.63) is 62.4 Å². The van der Waals surface area contributed by atoms with Gasteiger partial charge in [-0.15, -0.1) is 0 Å². The Morgan fingerprint density at radius 2 is 2.24 bits per heavy atom. The molecule has 1 amide bonds. The van der Waals surface area contributed by atoms with Crippen LogP contribution in [0.25, 0.3) is 0 Å². The van der Waals surface area contributed by atoms with Crippen molar-refractivity contribution < 1.29 is 4.79 Å². The highest BCUT2D eigenvalue weighted by molar-refractivity contribution is 14.1. The van der Waals surface area contributed by atoms with E-state index in [1.54, 1.807) is 12.3 Å². The second-order valence-corrected chi connectivity index (χ2v) is 6.64. The largest absolute Gasteiger partial charge is 0.332 e. The molecule has 1 aliphatic heterocycles. The summed E-state index contributed by atoms with van der Waals surface area (Å²) in [5, 5.41) is 0.624. The Labute approximate surface area is 142 Å². The maximum atomic E-state index is 12.7. The van der Waals surface area contributed by atoms with Crippen LogP contribution in [0.3, 0.4) is 0 Å². The van der Waals surface area contributed by atoms with Crippen LogP contribution in [0.4, 0.5) is 0 Å². The number of aromatic nitrogens is 1. The van der Waals surface area contributed by atoms with E-state index in [4.69, 9.17) is 11.6 Å². The van der Waals surface area contributed by atoms with Gasteiger partial charge >= 0.3 is 0 Å². The lowest BCUT2D eigenvalue weighted by Crippen LogP contribution is -2.30. The fourth-order valence-corrected chi connectivity index (χ4v) is 3.24. The molecule has 1 aromatic carbocycles. The Morgan fingerprint density at radius 3 is 2.95 bits per heavy atom. The third-order valence-electron chi connectivity index (χ3n) is 3.75. The Hall–Kier alpha value is -1.14. The van der Waals surface area contributed by atoms with E-state index in [1.807, 2.05) is 35.4 Å². The van der Waals surface area contributed by atoms with Gasteiger partial charge in [-0.3, -0.25) is 9.78 Å². The molecule has 5 heteroatoms. The summed E-state index contributed by atoms with van der Waals surface area (Å²) < 4.78 is 0.955. The Kier molecular flexibility index (Phi) is 4.45. The number of benzene rings is 1. The van der Waals surface area contributed by atoms with Crippen molar-refractivity contribution in [1.29, 1.82) is 0 Å². The molecule has 1 fully saturated rings. The van der Waals surface area contributed by atoms with Crippen molar-refractivity contribution in [2.24, 2.45) is 0 Å². The molecular formula is C16H14ClIN2O. The molecule has 1 aliphatic rings. The van der Waals surface area contributed by atoms with Crippen LogP contribution in [0, 0.1) is 3.57 Å². The summed E-state index contributed by atoms with van der Waals surface area (Å²) in [6.45, 7) is 0.780. The summed E-state index contributed by atoms with van der Waals surface area (Å²) in [6.07, 6.45) is 5.60. The van der Waals surface area contributed by atoms with Gasteiger partial charge in [-0.2, -0.15) is 0 Å². The molecule has 2 heterocycles. The molecule has 0 N–H and O–H groups in total. The molecule has 0 radical (unpaired) electrons. The van der Waals surface area contributed by atoms with Gasteiger partial charge in [0, 0.05) is 28.1 Å². The maximum Gasteiger partial charge on any atom is 0.254 e. The highest BCUT2D eigenvalue weighted by Crippen LogP contribution is 2.33. The first kappa shape index (κ1) is 14.8. The van der Waals surface area contributed by atoms with Crippen molar-refractivity contribution in [3.8, 4) is 0 Å². The van der Waals surface area contributed by atoms with Crippen LogP contribution < -0.4 is 0 Å².